The minimum absolute atomic E-state index is 0.0875. The monoisotopic (exact) mass is 350 g/mol. The van der Waals surface area contributed by atoms with Gasteiger partial charge in [0.15, 0.2) is 0 Å². The quantitative estimate of drug-likeness (QED) is 0.710. The van der Waals surface area contributed by atoms with Gasteiger partial charge in [-0.3, -0.25) is 4.79 Å². The molecule has 118 valence electrons. The highest BCUT2D eigenvalue weighted by atomic mass is 35.5. The number of fused-ring (bicyclic) bond motifs is 1. The molecule has 0 aliphatic heterocycles. The summed E-state index contributed by atoms with van der Waals surface area (Å²) in [6.45, 7) is 1.20. The lowest BCUT2D eigenvalue weighted by Crippen LogP contribution is -2.31. The van der Waals surface area contributed by atoms with Gasteiger partial charge in [-0.2, -0.15) is 3.97 Å². The maximum Gasteiger partial charge on any atom is 0.350 e. The van der Waals surface area contributed by atoms with Crippen LogP contribution in [0.3, 0.4) is 0 Å². The number of aromatic nitrogens is 2. The lowest BCUT2D eigenvalue weighted by Gasteiger charge is -2.05. The summed E-state index contributed by atoms with van der Waals surface area (Å²) in [4.78, 5) is 24.2. The predicted octanol–water partition coefficient (Wildman–Crippen LogP) is 2.35. The van der Waals surface area contributed by atoms with Crippen LogP contribution in [-0.4, -0.2) is 22.9 Å². The van der Waals surface area contributed by atoms with Gasteiger partial charge in [-0.15, -0.1) is 0 Å². The molecule has 1 aromatic heterocycles. The molecular weight excluding hydrogens is 340 g/mol. The molecule has 0 saturated carbocycles. The first-order valence-electron chi connectivity index (χ1n) is 6.58. The van der Waals surface area contributed by atoms with Crippen LogP contribution in [0.1, 0.15) is 11.7 Å². The van der Waals surface area contributed by atoms with Gasteiger partial charge in [0.25, 0.3) is 10.0 Å². The Kier molecular flexibility index (Phi) is 3.62. The van der Waals surface area contributed by atoms with Crippen LogP contribution in [-0.2, 0) is 10.0 Å². The molecule has 0 amide bonds. The van der Waals surface area contributed by atoms with Gasteiger partial charge >= 0.3 is 5.69 Å². The first-order chi connectivity index (χ1) is 10.8. The van der Waals surface area contributed by atoms with Crippen LogP contribution in [0.5, 0.6) is 0 Å². The molecule has 0 atom stereocenters. The van der Waals surface area contributed by atoms with E-state index >= 15 is 0 Å². The Morgan fingerprint density at radius 3 is 2.13 bits per heavy atom. The van der Waals surface area contributed by atoms with E-state index in [-0.39, 0.29) is 15.9 Å². The van der Waals surface area contributed by atoms with E-state index in [1.807, 2.05) is 0 Å². The first kappa shape index (κ1) is 15.5. The van der Waals surface area contributed by atoms with Crippen LogP contribution in [0, 0.1) is 0 Å². The maximum absolute atomic E-state index is 12.8. The van der Waals surface area contributed by atoms with Gasteiger partial charge in [0, 0.05) is 11.9 Å². The number of hydrogen-bond donors (Lipinski definition) is 0. The zero-order valence-electron chi connectivity index (χ0n) is 11.9. The molecule has 23 heavy (non-hydrogen) atoms. The molecule has 2 aromatic carbocycles. The Hall–Kier alpha value is -2.38. The fourth-order valence-electron chi connectivity index (χ4n) is 2.37. The number of benzene rings is 2. The molecule has 3 aromatic rings. The standard InChI is InChI=1S/C15H11ClN2O4S/c1-10(19)17-13-4-2-3-5-14(13)18(15(17)20)23(21,22)12-8-6-11(16)7-9-12/h2-9H,1H3. The second-order valence-electron chi connectivity index (χ2n) is 4.85. The van der Waals surface area contributed by atoms with E-state index < -0.39 is 21.6 Å². The van der Waals surface area contributed by atoms with Crippen molar-refractivity contribution in [1.82, 2.24) is 8.54 Å². The van der Waals surface area contributed by atoms with Crippen molar-refractivity contribution in [2.45, 2.75) is 11.8 Å². The van der Waals surface area contributed by atoms with Crippen molar-refractivity contribution in [3.05, 3.63) is 64.0 Å². The third-order valence-corrected chi connectivity index (χ3v) is 5.33. The third kappa shape index (κ3) is 2.38. The van der Waals surface area contributed by atoms with Gasteiger partial charge in [0.05, 0.1) is 15.9 Å². The minimum Gasteiger partial charge on any atom is -0.274 e. The summed E-state index contributed by atoms with van der Waals surface area (Å²) in [5.74, 6) is -0.559. The Morgan fingerprint density at radius 2 is 1.57 bits per heavy atom. The SMILES string of the molecule is CC(=O)n1c(=O)n(S(=O)(=O)c2ccc(Cl)cc2)c2ccccc21. The normalized spacial score (nSPS) is 11.7. The molecule has 3 rings (SSSR count). The zero-order valence-corrected chi connectivity index (χ0v) is 13.5. The van der Waals surface area contributed by atoms with Crippen LogP contribution in [0.4, 0.5) is 0 Å². The molecule has 0 bridgehead atoms. The summed E-state index contributed by atoms with van der Waals surface area (Å²) < 4.78 is 27.1. The van der Waals surface area contributed by atoms with Crippen LogP contribution in [0.25, 0.3) is 11.0 Å². The molecule has 0 unspecified atom stereocenters. The van der Waals surface area contributed by atoms with Crippen molar-refractivity contribution < 1.29 is 13.2 Å². The summed E-state index contributed by atoms with van der Waals surface area (Å²) in [6, 6.07) is 11.7. The van der Waals surface area contributed by atoms with Crippen molar-refractivity contribution in [3.8, 4) is 0 Å². The van der Waals surface area contributed by atoms with E-state index in [4.69, 9.17) is 11.6 Å². The van der Waals surface area contributed by atoms with E-state index in [0.29, 0.717) is 9.00 Å². The van der Waals surface area contributed by atoms with Crippen LogP contribution < -0.4 is 5.69 Å². The van der Waals surface area contributed by atoms with E-state index in [1.54, 1.807) is 12.1 Å². The van der Waals surface area contributed by atoms with E-state index in [2.05, 4.69) is 0 Å². The minimum atomic E-state index is -4.15. The molecular formula is C15H11ClN2O4S. The van der Waals surface area contributed by atoms with Crippen molar-refractivity contribution in [2.75, 3.05) is 0 Å². The highest BCUT2D eigenvalue weighted by molar-refractivity contribution is 7.90. The highest BCUT2D eigenvalue weighted by Crippen LogP contribution is 2.21. The van der Waals surface area contributed by atoms with Gasteiger partial charge in [-0.1, -0.05) is 23.7 Å². The summed E-state index contributed by atoms with van der Waals surface area (Å²) in [6.07, 6.45) is 0. The van der Waals surface area contributed by atoms with Crippen LogP contribution >= 0.6 is 11.6 Å². The second-order valence-corrected chi connectivity index (χ2v) is 7.07. The Balaban J connectivity index is 2.41. The van der Waals surface area contributed by atoms with E-state index in [1.165, 1.54) is 43.3 Å². The molecule has 0 saturated heterocycles. The van der Waals surface area contributed by atoms with Crippen LogP contribution in [0.2, 0.25) is 5.02 Å². The molecule has 0 fully saturated rings. The maximum atomic E-state index is 12.8. The first-order valence-corrected chi connectivity index (χ1v) is 8.40. The van der Waals surface area contributed by atoms with Crippen molar-refractivity contribution in [1.29, 1.82) is 0 Å². The highest BCUT2D eigenvalue weighted by Gasteiger charge is 2.26. The number of para-hydroxylation sites is 2. The lowest BCUT2D eigenvalue weighted by atomic mass is 10.3. The Bertz CT molecular complexity index is 1080. The molecule has 8 heteroatoms. The topological polar surface area (TPSA) is 78.1 Å². The fraction of sp³-hybridized carbons (Fsp3) is 0.0667. The smallest absolute Gasteiger partial charge is 0.274 e. The van der Waals surface area contributed by atoms with Gasteiger partial charge in [0.1, 0.15) is 0 Å². The van der Waals surface area contributed by atoms with E-state index in [9.17, 15) is 18.0 Å². The van der Waals surface area contributed by atoms with Gasteiger partial charge in [-0.25, -0.2) is 17.8 Å². The average Bonchev–Trinajstić information content (AvgIpc) is 2.80. The van der Waals surface area contributed by atoms with Crippen molar-refractivity contribution in [2.24, 2.45) is 0 Å². The number of hydrogen-bond acceptors (Lipinski definition) is 4. The number of rotatable bonds is 2. The summed E-state index contributed by atoms with van der Waals surface area (Å²) in [5.41, 5.74) is -0.543. The number of imidazole rings is 1. The van der Waals surface area contributed by atoms with Crippen molar-refractivity contribution in [3.63, 3.8) is 0 Å². The molecule has 1 heterocycles. The predicted molar refractivity (Wildman–Crippen MR) is 86.5 cm³/mol. The number of nitrogens with zero attached hydrogens (tertiary/aromatic N) is 2. The third-order valence-electron chi connectivity index (χ3n) is 3.37. The van der Waals surface area contributed by atoms with E-state index in [0.717, 1.165) is 4.57 Å². The summed E-state index contributed by atoms with van der Waals surface area (Å²) in [7, 11) is -4.15. The molecule has 0 radical (unpaired) electrons. The summed E-state index contributed by atoms with van der Waals surface area (Å²) in [5, 5.41) is 0.377. The van der Waals surface area contributed by atoms with Crippen molar-refractivity contribution >= 4 is 38.6 Å². The molecule has 6 nitrogen and oxygen atoms in total. The van der Waals surface area contributed by atoms with Crippen LogP contribution in [0.15, 0.2) is 58.2 Å². The van der Waals surface area contributed by atoms with Gasteiger partial charge < -0.3 is 0 Å². The van der Waals surface area contributed by atoms with Gasteiger partial charge in [-0.05, 0) is 36.4 Å². The Morgan fingerprint density at radius 1 is 1.00 bits per heavy atom. The summed E-state index contributed by atoms with van der Waals surface area (Å²) >= 11 is 5.77. The number of carbonyl (C=O) groups is 1. The largest absolute Gasteiger partial charge is 0.350 e. The average molecular weight is 351 g/mol. The molecule has 0 aliphatic rings. The zero-order chi connectivity index (χ0) is 16.8. The number of halogens is 1. The second kappa shape index (κ2) is 5.36. The molecule has 0 spiro atoms. The number of carbonyl (C=O) groups excluding carboxylic acids is 1. The lowest BCUT2D eigenvalue weighted by molar-refractivity contribution is 0.0937. The van der Waals surface area contributed by atoms with Gasteiger partial charge in [0.2, 0.25) is 5.91 Å². The fourth-order valence-corrected chi connectivity index (χ4v) is 3.89. The molecule has 0 N–H and O–H groups in total. The molecule has 0 aliphatic carbocycles. The Labute approximate surface area is 136 Å².